The summed E-state index contributed by atoms with van der Waals surface area (Å²) in [6.07, 6.45) is 0. The Balaban J connectivity index is 2.31. The second-order valence-electron chi connectivity index (χ2n) is 5.81. The lowest BCUT2D eigenvalue weighted by Crippen LogP contribution is -2.39. The van der Waals surface area contributed by atoms with Crippen molar-refractivity contribution in [3.8, 4) is 11.3 Å². The van der Waals surface area contributed by atoms with Crippen LogP contribution in [0.25, 0.3) is 11.3 Å². The number of carbonyl (C=O) groups is 2. The molecule has 2 N–H and O–H groups in total. The van der Waals surface area contributed by atoms with Gasteiger partial charge in [-0.2, -0.15) is 0 Å². The highest BCUT2D eigenvalue weighted by atomic mass is 35.5. The molecule has 7 heteroatoms. The fourth-order valence-corrected chi connectivity index (χ4v) is 2.17. The molecule has 0 spiro atoms. The van der Waals surface area contributed by atoms with Crippen LogP contribution in [0.2, 0.25) is 5.02 Å². The first-order valence-electron chi connectivity index (χ1n) is 6.97. The molecule has 122 valence electrons. The third kappa shape index (κ3) is 3.53. The van der Waals surface area contributed by atoms with Crippen LogP contribution < -0.4 is 5.32 Å². The van der Waals surface area contributed by atoms with Crippen LogP contribution in [0.4, 0.5) is 0 Å². The Hall–Kier alpha value is -2.34. The van der Waals surface area contributed by atoms with E-state index in [0.29, 0.717) is 22.0 Å². The minimum Gasteiger partial charge on any atom is -0.481 e. The smallest absolute Gasteiger partial charge is 0.310 e. The number of carboxylic acid groups (broad SMARTS) is 1. The molecule has 0 fully saturated rings. The van der Waals surface area contributed by atoms with Gasteiger partial charge in [0.25, 0.3) is 5.91 Å². The van der Waals surface area contributed by atoms with E-state index in [4.69, 9.17) is 21.2 Å². The third-order valence-corrected chi connectivity index (χ3v) is 3.82. The monoisotopic (exact) mass is 336 g/mol. The highest BCUT2D eigenvalue weighted by Crippen LogP contribution is 2.31. The van der Waals surface area contributed by atoms with Gasteiger partial charge in [0.15, 0.2) is 0 Å². The molecule has 0 aliphatic carbocycles. The van der Waals surface area contributed by atoms with Crippen molar-refractivity contribution in [2.45, 2.75) is 20.8 Å². The fourth-order valence-electron chi connectivity index (χ4n) is 1.94. The Kier molecular flexibility index (Phi) is 4.75. The number of nitrogens with zero attached hydrogens (tertiary/aromatic N) is 1. The van der Waals surface area contributed by atoms with Crippen molar-refractivity contribution >= 4 is 23.5 Å². The van der Waals surface area contributed by atoms with Crippen molar-refractivity contribution in [3.63, 3.8) is 0 Å². The molecule has 23 heavy (non-hydrogen) atoms. The van der Waals surface area contributed by atoms with E-state index in [9.17, 15) is 9.59 Å². The van der Waals surface area contributed by atoms with E-state index >= 15 is 0 Å². The molecule has 0 unspecified atom stereocenters. The topological polar surface area (TPSA) is 92.4 Å². The van der Waals surface area contributed by atoms with Crippen LogP contribution in [-0.4, -0.2) is 28.7 Å². The summed E-state index contributed by atoms with van der Waals surface area (Å²) in [6.45, 7) is 4.66. The first-order chi connectivity index (χ1) is 10.7. The van der Waals surface area contributed by atoms with Crippen LogP contribution in [-0.2, 0) is 4.79 Å². The first kappa shape index (κ1) is 17.0. The van der Waals surface area contributed by atoms with Crippen LogP contribution >= 0.6 is 11.6 Å². The summed E-state index contributed by atoms with van der Waals surface area (Å²) >= 11 is 6.14. The number of carboxylic acids is 1. The highest BCUT2D eigenvalue weighted by molar-refractivity contribution is 6.33. The van der Waals surface area contributed by atoms with Crippen LogP contribution in [0, 0.1) is 12.3 Å². The number of halogens is 1. The summed E-state index contributed by atoms with van der Waals surface area (Å²) in [5.41, 5.74) is 0.0809. The van der Waals surface area contributed by atoms with Crippen molar-refractivity contribution in [1.29, 1.82) is 0 Å². The predicted molar refractivity (Wildman–Crippen MR) is 85.4 cm³/mol. The lowest BCUT2D eigenvalue weighted by Gasteiger charge is -2.19. The van der Waals surface area contributed by atoms with Crippen molar-refractivity contribution in [3.05, 3.63) is 40.6 Å². The Morgan fingerprint density at radius 1 is 1.35 bits per heavy atom. The number of nitrogens with one attached hydrogen (secondary N) is 1. The van der Waals surface area contributed by atoms with Gasteiger partial charge in [0.2, 0.25) is 0 Å². The number of amides is 1. The van der Waals surface area contributed by atoms with Gasteiger partial charge in [-0.15, -0.1) is 0 Å². The maximum Gasteiger partial charge on any atom is 0.310 e. The van der Waals surface area contributed by atoms with E-state index in [1.807, 2.05) is 0 Å². The molecule has 0 saturated heterocycles. The highest BCUT2D eigenvalue weighted by Gasteiger charge is 2.29. The van der Waals surface area contributed by atoms with E-state index in [2.05, 4.69) is 10.5 Å². The van der Waals surface area contributed by atoms with Gasteiger partial charge in [-0.1, -0.05) is 35.0 Å². The second-order valence-corrected chi connectivity index (χ2v) is 6.22. The standard InChI is InChI=1S/C16H17ClN2O4/c1-9-12(14(20)18-8-16(2,3)15(21)22)13(19-23-9)10-6-4-5-7-11(10)17/h4-7H,8H2,1-3H3,(H,18,20)(H,21,22). The van der Waals surface area contributed by atoms with Crippen molar-refractivity contribution < 1.29 is 19.2 Å². The molecule has 6 nitrogen and oxygen atoms in total. The van der Waals surface area contributed by atoms with Crippen LogP contribution in [0.5, 0.6) is 0 Å². The average Bonchev–Trinajstić information content (AvgIpc) is 2.87. The van der Waals surface area contributed by atoms with E-state index in [1.54, 1.807) is 31.2 Å². The Morgan fingerprint density at radius 2 is 2.00 bits per heavy atom. The summed E-state index contributed by atoms with van der Waals surface area (Å²) < 4.78 is 5.12. The molecule has 0 radical (unpaired) electrons. The largest absolute Gasteiger partial charge is 0.481 e. The minimum atomic E-state index is -1.08. The molecule has 0 aliphatic rings. The molecular formula is C16H17ClN2O4. The summed E-state index contributed by atoms with van der Waals surface area (Å²) in [7, 11) is 0. The molecule has 1 aromatic heterocycles. The summed E-state index contributed by atoms with van der Waals surface area (Å²) in [6, 6.07) is 6.97. The molecule has 2 rings (SSSR count). The quantitative estimate of drug-likeness (QED) is 0.875. The summed E-state index contributed by atoms with van der Waals surface area (Å²) in [4.78, 5) is 23.6. The Morgan fingerprint density at radius 3 is 2.61 bits per heavy atom. The van der Waals surface area contributed by atoms with Crippen molar-refractivity contribution in [2.75, 3.05) is 6.54 Å². The maximum absolute atomic E-state index is 12.5. The van der Waals surface area contributed by atoms with E-state index in [1.165, 1.54) is 13.8 Å². The molecule has 0 bridgehead atoms. The van der Waals surface area contributed by atoms with Crippen molar-refractivity contribution in [2.24, 2.45) is 5.41 Å². The third-order valence-electron chi connectivity index (χ3n) is 3.49. The van der Waals surface area contributed by atoms with Gasteiger partial charge in [-0.05, 0) is 26.8 Å². The number of aryl methyl sites for hydroxylation is 1. The SMILES string of the molecule is Cc1onc(-c2ccccc2Cl)c1C(=O)NCC(C)(C)C(=O)O. The fraction of sp³-hybridized carbons (Fsp3) is 0.312. The lowest BCUT2D eigenvalue weighted by atomic mass is 9.93. The lowest BCUT2D eigenvalue weighted by molar-refractivity contribution is -0.146. The zero-order valence-corrected chi connectivity index (χ0v) is 13.8. The molecule has 0 aliphatic heterocycles. The number of hydrogen-bond acceptors (Lipinski definition) is 4. The molecule has 2 aromatic rings. The zero-order chi connectivity index (χ0) is 17.2. The normalized spacial score (nSPS) is 11.3. The van der Waals surface area contributed by atoms with Crippen molar-refractivity contribution in [1.82, 2.24) is 10.5 Å². The van der Waals surface area contributed by atoms with Crippen LogP contribution in [0.15, 0.2) is 28.8 Å². The number of aliphatic carboxylic acids is 1. The number of benzene rings is 1. The summed E-state index contributed by atoms with van der Waals surface area (Å²) in [5.74, 6) is -1.11. The molecule has 0 saturated carbocycles. The van der Waals surface area contributed by atoms with E-state index in [-0.39, 0.29) is 12.1 Å². The first-order valence-corrected chi connectivity index (χ1v) is 7.34. The molecule has 0 atom stereocenters. The number of rotatable bonds is 5. The molecular weight excluding hydrogens is 320 g/mol. The molecule has 1 heterocycles. The van der Waals surface area contributed by atoms with Gasteiger partial charge < -0.3 is 14.9 Å². The molecule has 1 aromatic carbocycles. The second kappa shape index (κ2) is 6.42. The number of aromatic nitrogens is 1. The number of hydrogen-bond donors (Lipinski definition) is 2. The minimum absolute atomic E-state index is 0.0201. The van der Waals surface area contributed by atoms with E-state index < -0.39 is 17.3 Å². The van der Waals surface area contributed by atoms with Gasteiger partial charge in [0, 0.05) is 12.1 Å². The van der Waals surface area contributed by atoms with Gasteiger partial charge in [0.1, 0.15) is 17.0 Å². The van der Waals surface area contributed by atoms with Crippen LogP contribution in [0.3, 0.4) is 0 Å². The van der Waals surface area contributed by atoms with Gasteiger partial charge in [-0.25, -0.2) is 0 Å². The zero-order valence-electron chi connectivity index (χ0n) is 13.0. The Labute approximate surface area is 138 Å². The number of carbonyl (C=O) groups excluding carboxylic acids is 1. The maximum atomic E-state index is 12.5. The van der Waals surface area contributed by atoms with E-state index in [0.717, 1.165) is 0 Å². The van der Waals surface area contributed by atoms with Gasteiger partial charge >= 0.3 is 5.97 Å². The summed E-state index contributed by atoms with van der Waals surface area (Å²) in [5, 5.41) is 16.1. The van der Waals surface area contributed by atoms with Gasteiger partial charge in [-0.3, -0.25) is 9.59 Å². The average molecular weight is 337 g/mol. The van der Waals surface area contributed by atoms with Gasteiger partial charge in [0.05, 0.1) is 10.4 Å². The Bertz CT molecular complexity index is 752. The van der Waals surface area contributed by atoms with Crippen LogP contribution in [0.1, 0.15) is 30.0 Å². The predicted octanol–water partition coefficient (Wildman–Crippen LogP) is 3.14. The molecule has 1 amide bonds.